The summed E-state index contributed by atoms with van der Waals surface area (Å²) >= 11 is 0. The largest absolute Gasteiger partial charge is 0.399 e. The van der Waals surface area contributed by atoms with Gasteiger partial charge in [0.1, 0.15) is 0 Å². The second-order valence-electron chi connectivity index (χ2n) is 1.66. The summed E-state index contributed by atoms with van der Waals surface area (Å²) in [4.78, 5) is 3.91. The summed E-state index contributed by atoms with van der Waals surface area (Å²) < 4.78 is 0. The van der Waals surface area contributed by atoms with Crippen LogP contribution in [0.15, 0.2) is 24.3 Å². The van der Waals surface area contributed by atoms with Gasteiger partial charge < -0.3 is 10.6 Å². The highest BCUT2D eigenvalue weighted by Crippen LogP contribution is 2.11. The van der Waals surface area contributed by atoms with Crippen molar-refractivity contribution in [3.63, 3.8) is 0 Å². The molecule has 0 unspecified atom stereocenters. The van der Waals surface area contributed by atoms with E-state index in [0.717, 1.165) is 0 Å². The number of benzene rings is 1. The molecule has 48 valence electrons. The summed E-state index contributed by atoms with van der Waals surface area (Å²) in [6.45, 7) is 0. The van der Waals surface area contributed by atoms with Crippen molar-refractivity contribution in [2.24, 2.45) is 0 Å². The summed E-state index contributed by atoms with van der Waals surface area (Å²) in [6, 6.07) is 6.45. The van der Waals surface area contributed by atoms with Crippen LogP contribution in [0.4, 0.5) is 5.69 Å². The quantitative estimate of drug-likeness (QED) is 0.336. The standard InChI is InChI=1S/C6H7NO2/c7-5-1-3-6(9-8)4-2-5/h1-4,8H,7H2. The van der Waals surface area contributed by atoms with Gasteiger partial charge in [0.25, 0.3) is 0 Å². The molecular weight excluding hydrogens is 118 g/mol. The van der Waals surface area contributed by atoms with Crippen LogP contribution in [-0.4, -0.2) is 5.26 Å². The molecule has 1 rings (SSSR count). The molecule has 0 aromatic heterocycles. The molecule has 9 heavy (non-hydrogen) atoms. The monoisotopic (exact) mass is 125 g/mol. The Hall–Kier alpha value is -1.22. The maximum absolute atomic E-state index is 8.09. The fraction of sp³-hybridized carbons (Fsp3) is 0. The van der Waals surface area contributed by atoms with Crippen molar-refractivity contribution in [1.29, 1.82) is 0 Å². The molecule has 0 bridgehead atoms. The Morgan fingerprint density at radius 1 is 1.22 bits per heavy atom. The average Bonchev–Trinajstić information content (AvgIpc) is 1.90. The third-order valence-corrected chi connectivity index (χ3v) is 0.986. The maximum atomic E-state index is 8.09. The van der Waals surface area contributed by atoms with Crippen molar-refractivity contribution in [1.82, 2.24) is 0 Å². The summed E-state index contributed by atoms with van der Waals surface area (Å²) in [7, 11) is 0. The van der Waals surface area contributed by atoms with Crippen molar-refractivity contribution >= 4 is 5.69 Å². The van der Waals surface area contributed by atoms with Gasteiger partial charge in [0, 0.05) is 5.69 Å². The number of nitrogen functional groups attached to an aromatic ring is 1. The van der Waals surface area contributed by atoms with Crippen LogP contribution in [-0.2, 0) is 0 Å². The van der Waals surface area contributed by atoms with Crippen LogP contribution in [0, 0.1) is 0 Å². The molecule has 0 atom stereocenters. The zero-order valence-electron chi connectivity index (χ0n) is 4.74. The molecule has 0 spiro atoms. The van der Waals surface area contributed by atoms with Gasteiger partial charge in [-0.15, -0.1) is 0 Å². The van der Waals surface area contributed by atoms with Gasteiger partial charge in [0.2, 0.25) is 0 Å². The van der Waals surface area contributed by atoms with E-state index in [1.54, 1.807) is 24.3 Å². The van der Waals surface area contributed by atoms with Crippen molar-refractivity contribution in [3.8, 4) is 5.75 Å². The third kappa shape index (κ3) is 1.33. The highest BCUT2D eigenvalue weighted by atomic mass is 17.1. The van der Waals surface area contributed by atoms with Crippen LogP contribution < -0.4 is 10.6 Å². The Morgan fingerprint density at radius 3 is 2.22 bits per heavy atom. The van der Waals surface area contributed by atoms with Gasteiger partial charge >= 0.3 is 0 Å². The lowest BCUT2D eigenvalue weighted by Crippen LogP contribution is -1.85. The molecule has 1 aromatic carbocycles. The average molecular weight is 125 g/mol. The van der Waals surface area contributed by atoms with E-state index >= 15 is 0 Å². The number of anilines is 1. The molecule has 0 aliphatic heterocycles. The Morgan fingerprint density at radius 2 is 1.78 bits per heavy atom. The van der Waals surface area contributed by atoms with Gasteiger partial charge in [-0.3, -0.25) is 0 Å². The van der Waals surface area contributed by atoms with Gasteiger partial charge in [-0.2, -0.15) is 0 Å². The zero-order valence-corrected chi connectivity index (χ0v) is 4.74. The van der Waals surface area contributed by atoms with Crippen LogP contribution in [0.25, 0.3) is 0 Å². The van der Waals surface area contributed by atoms with E-state index in [0.29, 0.717) is 11.4 Å². The lowest BCUT2D eigenvalue weighted by molar-refractivity contribution is -0.137. The van der Waals surface area contributed by atoms with E-state index in [2.05, 4.69) is 4.89 Å². The fourth-order valence-electron chi connectivity index (χ4n) is 0.529. The lowest BCUT2D eigenvalue weighted by Gasteiger charge is -1.94. The summed E-state index contributed by atoms with van der Waals surface area (Å²) in [5.74, 6) is 0.393. The molecular formula is C6H7NO2. The van der Waals surface area contributed by atoms with Crippen LogP contribution in [0.2, 0.25) is 0 Å². The first kappa shape index (κ1) is 5.91. The molecule has 0 amide bonds. The topological polar surface area (TPSA) is 55.5 Å². The maximum Gasteiger partial charge on any atom is 0.165 e. The molecule has 3 nitrogen and oxygen atoms in total. The Bertz CT molecular complexity index is 183. The summed E-state index contributed by atoms with van der Waals surface area (Å²) in [5, 5.41) is 8.09. The number of hydrogen-bond acceptors (Lipinski definition) is 3. The normalized spacial score (nSPS) is 9.00. The molecule has 0 aliphatic carbocycles. The van der Waals surface area contributed by atoms with Gasteiger partial charge in [-0.05, 0) is 24.3 Å². The second-order valence-corrected chi connectivity index (χ2v) is 1.66. The van der Waals surface area contributed by atoms with Crippen molar-refractivity contribution in [2.75, 3.05) is 5.73 Å². The Kier molecular flexibility index (Phi) is 1.55. The van der Waals surface area contributed by atoms with E-state index in [4.69, 9.17) is 11.0 Å². The lowest BCUT2D eigenvalue weighted by atomic mass is 10.3. The van der Waals surface area contributed by atoms with Crippen molar-refractivity contribution < 1.29 is 10.1 Å². The number of hydrogen-bond donors (Lipinski definition) is 2. The molecule has 0 aliphatic rings. The van der Waals surface area contributed by atoms with Gasteiger partial charge in [-0.1, -0.05) is 0 Å². The summed E-state index contributed by atoms with van der Waals surface area (Å²) in [5.41, 5.74) is 5.99. The molecule has 0 heterocycles. The van der Waals surface area contributed by atoms with Crippen molar-refractivity contribution in [3.05, 3.63) is 24.3 Å². The van der Waals surface area contributed by atoms with Crippen LogP contribution in [0.3, 0.4) is 0 Å². The van der Waals surface area contributed by atoms with Gasteiger partial charge in [-0.25, -0.2) is 5.26 Å². The summed E-state index contributed by atoms with van der Waals surface area (Å²) in [6.07, 6.45) is 0. The first-order chi connectivity index (χ1) is 4.33. The van der Waals surface area contributed by atoms with Gasteiger partial charge in [0.15, 0.2) is 5.75 Å². The molecule has 0 radical (unpaired) electrons. The minimum atomic E-state index is 0.393. The van der Waals surface area contributed by atoms with E-state index < -0.39 is 0 Å². The van der Waals surface area contributed by atoms with E-state index in [1.807, 2.05) is 0 Å². The van der Waals surface area contributed by atoms with Crippen LogP contribution >= 0.6 is 0 Å². The minimum Gasteiger partial charge on any atom is -0.399 e. The van der Waals surface area contributed by atoms with E-state index in [-0.39, 0.29) is 0 Å². The molecule has 0 fully saturated rings. The highest BCUT2D eigenvalue weighted by Gasteiger charge is 1.88. The molecule has 0 saturated heterocycles. The SMILES string of the molecule is Nc1ccc(OO)cc1. The Balaban J connectivity index is 2.88. The third-order valence-electron chi connectivity index (χ3n) is 0.986. The van der Waals surface area contributed by atoms with Crippen molar-refractivity contribution in [2.45, 2.75) is 0 Å². The fourth-order valence-corrected chi connectivity index (χ4v) is 0.529. The van der Waals surface area contributed by atoms with Crippen LogP contribution in [0.5, 0.6) is 5.75 Å². The second kappa shape index (κ2) is 2.37. The molecule has 3 N–H and O–H groups in total. The number of nitrogens with two attached hydrogens (primary N) is 1. The molecule has 1 aromatic rings. The predicted molar refractivity (Wildman–Crippen MR) is 34.1 cm³/mol. The minimum absolute atomic E-state index is 0.393. The Labute approximate surface area is 52.6 Å². The molecule has 3 heteroatoms. The number of rotatable bonds is 1. The van der Waals surface area contributed by atoms with E-state index in [9.17, 15) is 0 Å². The molecule has 0 saturated carbocycles. The zero-order chi connectivity index (χ0) is 6.69. The van der Waals surface area contributed by atoms with E-state index in [1.165, 1.54) is 0 Å². The smallest absolute Gasteiger partial charge is 0.165 e. The van der Waals surface area contributed by atoms with Gasteiger partial charge in [0.05, 0.1) is 0 Å². The predicted octanol–water partition coefficient (Wildman–Crippen LogP) is 1.12. The first-order valence-corrected chi connectivity index (χ1v) is 2.50. The highest BCUT2D eigenvalue weighted by molar-refractivity contribution is 5.41. The first-order valence-electron chi connectivity index (χ1n) is 2.50. The van der Waals surface area contributed by atoms with Crippen LogP contribution in [0.1, 0.15) is 0 Å².